The van der Waals surface area contributed by atoms with Gasteiger partial charge in [-0.1, -0.05) is 0 Å². The molecular formula is C23H3F12N5. The molecule has 0 aromatic heterocycles. The van der Waals surface area contributed by atoms with Crippen LogP contribution in [0.3, 0.4) is 0 Å². The third kappa shape index (κ3) is 5.62. The maximum absolute atomic E-state index is 14.1. The van der Waals surface area contributed by atoms with E-state index in [4.69, 9.17) is 15.8 Å². The molecule has 0 bridgehead atoms. The quantitative estimate of drug-likeness (QED) is 0.419. The van der Waals surface area contributed by atoms with E-state index in [0.717, 1.165) is 24.3 Å². The third-order valence-corrected chi connectivity index (χ3v) is 5.03. The molecule has 0 aliphatic heterocycles. The molecule has 0 unspecified atom stereocenters. The molecule has 2 rings (SSSR count). The maximum atomic E-state index is 14.1. The predicted octanol–water partition coefficient (Wildman–Crippen LogP) is 5.43. The van der Waals surface area contributed by atoms with Crippen LogP contribution in [0.25, 0.3) is 11.1 Å². The SMILES string of the molecule is N#CC(C#N)=c1c(C(F)(F)F)c/c(=C(\C#N)c2cc(C(F)(F)F)c(C#N)c(C(F)(F)F)c2)c(C(F)(F)F)c1C#N. The number of hydrogen-bond donors (Lipinski definition) is 0. The lowest BCUT2D eigenvalue weighted by Gasteiger charge is -2.18. The first-order chi connectivity index (χ1) is 18.2. The largest absolute Gasteiger partial charge is 0.418 e. The van der Waals surface area contributed by atoms with Crippen molar-refractivity contribution in [3.05, 3.63) is 67.6 Å². The predicted molar refractivity (Wildman–Crippen MR) is 104 cm³/mol. The van der Waals surface area contributed by atoms with E-state index in [0.29, 0.717) is 6.07 Å². The maximum Gasteiger partial charge on any atom is 0.418 e. The summed E-state index contributed by atoms with van der Waals surface area (Å²) in [7, 11) is 0. The van der Waals surface area contributed by atoms with Gasteiger partial charge in [0.15, 0.2) is 0 Å². The van der Waals surface area contributed by atoms with Crippen LogP contribution in [0.4, 0.5) is 52.7 Å². The zero-order chi connectivity index (χ0) is 31.0. The first-order valence-corrected chi connectivity index (χ1v) is 9.62. The average Bonchev–Trinajstić information content (AvgIpc) is 2.82. The summed E-state index contributed by atoms with van der Waals surface area (Å²) in [5.41, 5.74) is -18.7. The van der Waals surface area contributed by atoms with Gasteiger partial charge in [0.2, 0.25) is 0 Å². The Labute approximate surface area is 213 Å². The summed E-state index contributed by atoms with van der Waals surface area (Å²) in [6.07, 6.45) is -23.2. The smallest absolute Gasteiger partial charge is 0.192 e. The Morgan fingerprint density at radius 3 is 1.25 bits per heavy atom. The fraction of sp³-hybridized carbons (Fsp3) is 0.174. The van der Waals surface area contributed by atoms with E-state index in [2.05, 4.69) is 0 Å². The van der Waals surface area contributed by atoms with E-state index in [1.165, 1.54) is 0 Å². The highest BCUT2D eigenvalue weighted by molar-refractivity contribution is 5.81. The van der Waals surface area contributed by atoms with E-state index in [1.54, 1.807) is 0 Å². The van der Waals surface area contributed by atoms with Gasteiger partial charge in [0, 0.05) is 10.4 Å². The molecule has 0 amide bonds. The van der Waals surface area contributed by atoms with Crippen LogP contribution in [0, 0.1) is 56.7 Å². The molecule has 0 spiro atoms. The highest BCUT2D eigenvalue weighted by Gasteiger charge is 2.44. The lowest BCUT2D eigenvalue weighted by Crippen LogP contribution is -2.35. The van der Waals surface area contributed by atoms with Gasteiger partial charge in [-0.3, -0.25) is 0 Å². The highest BCUT2D eigenvalue weighted by Crippen LogP contribution is 2.41. The first-order valence-electron chi connectivity index (χ1n) is 9.62. The Balaban J connectivity index is 3.57. The fourth-order valence-corrected chi connectivity index (χ4v) is 3.54. The molecule has 0 heterocycles. The monoisotopic (exact) mass is 577 g/mol. The number of benzene rings is 2. The van der Waals surface area contributed by atoms with Crippen molar-refractivity contribution in [3.8, 4) is 30.3 Å². The molecule has 5 nitrogen and oxygen atoms in total. The Hall–Kier alpha value is -5.21. The lowest BCUT2D eigenvalue weighted by molar-refractivity contribution is -0.143. The van der Waals surface area contributed by atoms with E-state index < -0.39 is 91.3 Å². The molecule has 0 N–H and O–H groups in total. The molecular weight excluding hydrogens is 574 g/mol. The Morgan fingerprint density at radius 1 is 0.525 bits per heavy atom. The molecule has 0 saturated heterocycles. The number of alkyl halides is 12. The van der Waals surface area contributed by atoms with Gasteiger partial charge in [-0.15, -0.1) is 0 Å². The molecule has 204 valence electrons. The Bertz CT molecular complexity index is 1690. The Kier molecular flexibility index (Phi) is 7.88. The minimum atomic E-state index is -5.91. The van der Waals surface area contributed by atoms with Crippen LogP contribution in [0.15, 0.2) is 18.2 Å². The van der Waals surface area contributed by atoms with Crippen LogP contribution in [-0.4, -0.2) is 0 Å². The van der Waals surface area contributed by atoms with E-state index >= 15 is 0 Å². The average molecular weight is 577 g/mol. The number of nitriles is 5. The normalized spacial score (nSPS) is 12.8. The van der Waals surface area contributed by atoms with E-state index in [-0.39, 0.29) is 12.1 Å². The van der Waals surface area contributed by atoms with Crippen molar-refractivity contribution < 1.29 is 52.7 Å². The zero-order valence-electron chi connectivity index (χ0n) is 18.5. The van der Waals surface area contributed by atoms with Crippen LogP contribution in [0.1, 0.15) is 38.9 Å². The van der Waals surface area contributed by atoms with Crippen LogP contribution in [0.5, 0.6) is 0 Å². The summed E-state index contributed by atoms with van der Waals surface area (Å²) in [5, 5.41) is 41.9. The summed E-state index contributed by atoms with van der Waals surface area (Å²) < 4.78 is 165. The molecule has 2 aromatic carbocycles. The molecule has 2 aromatic rings. The second kappa shape index (κ2) is 10.2. The number of nitrogens with zero attached hydrogens (tertiary/aromatic N) is 5. The van der Waals surface area contributed by atoms with Crippen molar-refractivity contribution in [3.63, 3.8) is 0 Å². The number of halogens is 12. The standard InChI is InChI=1S/C23H3F12N5/c24-20(25,26)15-1-9(2-16(13(15)7-39)21(27,28)29)12(6-38)11-3-17(22(30,31)32)18(10(4-36)5-37)14(8-40)19(11)23(33,34)35/h1-3H/b12-11-. The van der Waals surface area contributed by atoms with Gasteiger partial charge >= 0.3 is 24.7 Å². The fourth-order valence-electron chi connectivity index (χ4n) is 3.54. The summed E-state index contributed by atoms with van der Waals surface area (Å²) >= 11 is 0. The van der Waals surface area contributed by atoms with Crippen molar-refractivity contribution in [2.24, 2.45) is 0 Å². The van der Waals surface area contributed by atoms with Crippen LogP contribution >= 0.6 is 0 Å². The van der Waals surface area contributed by atoms with Crippen molar-refractivity contribution >= 4 is 11.1 Å². The zero-order valence-corrected chi connectivity index (χ0v) is 18.5. The second-order valence-corrected chi connectivity index (χ2v) is 7.34. The highest BCUT2D eigenvalue weighted by atomic mass is 19.4. The number of rotatable bonds is 1. The minimum absolute atomic E-state index is 0.345. The molecule has 17 heteroatoms. The third-order valence-electron chi connectivity index (χ3n) is 5.03. The first kappa shape index (κ1) is 31.0. The van der Waals surface area contributed by atoms with Gasteiger partial charge in [0.1, 0.15) is 35.9 Å². The van der Waals surface area contributed by atoms with Crippen molar-refractivity contribution in [1.29, 1.82) is 26.3 Å². The molecule has 0 atom stereocenters. The van der Waals surface area contributed by atoms with E-state index in [9.17, 15) is 63.2 Å². The topological polar surface area (TPSA) is 119 Å². The lowest BCUT2D eigenvalue weighted by atomic mass is 9.89. The van der Waals surface area contributed by atoms with Crippen LogP contribution in [0.2, 0.25) is 0 Å². The van der Waals surface area contributed by atoms with E-state index in [1.807, 2.05) is 0 Å². The van der Waals surface area contributed by atoms with Gasteiger partial charge < -0.3 is 0 Å². The van der Waals surface area contributed by atoms with Gasteiger partial charge in [0.25, 0.3) is 0 Å². The number of hydrogen-bond acceptors (Lipinski definition) is 5. The van der Waals surface area contributed by atoms with Gasteiger partial charge in [-0.05, 0) is 23.8 Å². The van der Waals surface area contributed by atoms with Gasteiger partial charge in [-0.2, -0.15) is 79.0 Å². The molecule has 0 saturated carbocycles. The second-order valence-electron chi connectivity index (χ2n) is 7.34. The molecule has 0 aliphatic rings. The van der Waals surface area contributed by atoms with Crippen LogP contribution in [-0.2, 0) is 24.7 Å². The summed E-state index contributed by atoms with van der Waals surface area (Å²) in [6, 6.07) is 2.74. The van der Waals surface area contributed by atoms with Gasteiger partial charge in [0.05, 0.1) is 39.0 Å². The summed E-state index contributed by atoms with van der Waals surface area (Å²) in [6.45, 7) is 0. The minimum Gasteiger partial charge on any atom is -0.192 e. The van der Waals surface area contributed by atoms with Crippen molar-refractivity contribution in [2.45, 2.75) is 24.7 Å². The molecule has 0 aliphatic carbocycles. The summed E-state index contributed by atoms with van der Waals surface area (Å²) in [4.78, 5) is 0. The molecule has 40 heavy (non-hydrogen) atoms. The van der Waals surface area contributed by atoms with Crippen molar-refractivity contribution in [2.75, 3.05) is 0 Å². The summed E-state index contributed by atoms with van der Waals surface area (Å²) in [5.74, 6) is 0. The Morgan fingerprint density at radius 2 is 0.950 bits per heavy atom. The molecule has 0 radical (unpaired) electrons. The van der Waals surface area contributed by atoms with Crippen molar-refractivity contribution in [1.82, 2.24) is 0 Å². The van der Waals surface area contributed by atoms with Crippen LogP contribution < -0.4 is 10.4 Å². The molecule has 0 fully saturated rings. The van der Waals surface area contributed by atoms with Gasteiger partial charge in [-0.25, -0.2) is 0 Å².